The van der Waals surface area contributed by atoms with Crippen molar-refractivity contribution < 1.29 is 4.74 Å². The van der Waals surface area contributed by atoms with Crippen LogP contribution in [-0.4, -0.2) is 36.7 Å². The fraction of sp³-hybridized carbons (Fsp3) is 0.778. The van der Waals surface area contributed by atoms with Crippen LogP contribution in [0.15, 0.2) is 0 Å². The molecule has 12 heavy (non-hydrogen) atoms. The number of nitrogens with two attached hydrogens (primary N) is 1. The molecule has 0 aromatic heterocycles. The Kier molecular flexibility index (Phi) is 1.95. The maximum atomic E-state index is 5.67. The summed E-state index contributed by atoms with van der Waals surface area (Å²) in [4.78, 5) is 2.32. The van der Waals surface area contributed by atoms with Gasteiger partial charge in [-0.25, -0.2) is 0 Å². The molecule has 0 bridgehead atoms. The van der Waals surface area contributed by atoms with Crippen molar-refractivity contribution in [3.05, 3.63) is 0 Å². The molecule has 66 valence electrons. The van der Waals surface area contributed by atoms with Crippen LogP contribution in [0, 0.1) is 12.0 Å². The largest absolute Gasteiger partial charge is 0.372 e. The molecule has 1 heterocycles. The molecular weight excluding hydrogens is 152 g/mol. The molecule has 0 atom stereocenters. The van der Waals surface area contributed by atoms with Crippen molar-refractivity contribution in [2.75, 3.05) is 26.2 Å². The molecule has 2 fully saturated rings. The lowest BCUT2D eigenvalue weighted by atomic mass is 10.2. The van der Waals surface area contributed by atoms with E-state index in [1.165, 1.54) is 12.8 Å². The van der Waals surface area contributed by atoms with Crippen molar-refractivity contribution >= 4 is 0 Å². The van der Waals surface area contributed by atoms with Crippen LogP contribution in [0.3, 0.4) is 0 Å². The first-order valence-electron chi connectivity index (χ1n) is 4.39. The van der Waals surface area contributed by atoms with Crippen LogP contribution in [0.25, 0.3) is 0 Å². The number of morpholine rings is 1. The molecule has 0 aromatic carbocycles. The second-order valence-corrected chi connectivity index (χ2v) is 3.56. The van der Waals surface area contributed by atoms with Crippen LogP contribution in [0.2, 0.25) is 0 Å². The van der Waals surface area contributed by atoms with E-state index in [4.69, 9.17) is 10.5 Å². The molecule has 0 amide bonds. The molecule has 1 saturated heterocycles. The zero-order valence-corrected chi connectivity index (χ0v) is 7.18. The summed E-state index contributed by atoms with van der Waals surface area (Å²) in [7, 11) is 0. The van der Waals surface area contributed by atoms with Gasteiger partial charge < -0.3 is 10.5 Å². The molecule has 0 unspecified atom stereocenters. The van der Waals surface area contributed by atoms with E-state index in [9.17, 15) is 0 Å². The maximum absolute atomic E-state index is 5.67. The van der Waals surface area contributed by atoms with Crippen LogP contribution in [0.1, 0.15) is 12.8 Å². The number of ether oxygens (including phenoxy) is 1. The Hall–Kier alpha value is -0.720. The third-order valence-corrected chi connectivity index (χ3v) is 2.54. The highest BCUT2D eigenvalue weighted by atomic mass is 16.5. The molecule has 1 saturated carbocycles. The van der Waals surface area contributed by atoms with E-state index >= 15 is 0 Å². The van der Waals surface area contributed by atoms with Gasteiger partial charge in [0.1, 0.15) is 0 Å². The minimum Gasteiger partial charge on any atom is -0.372 e. The molecule has 1 spiro atoms. The van der Waals surface area contributed by atoms with E-state index in [1.54, 1.807) is 0 Å². The predicted octanol–water partition coefficient (Wildman–Crippen LogP) is -0.229. The van der Waals surface area contributed by atoms with Gasteiger partial charge in [-0.1, -0.05) is 5.92 Å². The fourth-order valence-electron chi connectivity index (χ4n) is 1.66. The standard InChI is InChI=1S/C9H14N2O/c10-4-1-5-11-6-7-12-9(8-11)2-3-9/h2-3,5-8,10H2. The molecule has 1 aliphatic heterocycles. The fourth-order valence-corrected chi connectivity index (χ4v) is 1.66. The Morgan fingerprint density at radius 3 is 3.00 bits per heavy atom. The lowest BCUT2D eigenvalue weighted by molar-refractivity contribution is -0.0416. The summed E-state index contributed by atoms with van der Waals surface area (Å²) in [5, 5.41) is 0. The summed E-state index contributed by atoms with van der Waals surface area (Å²) < 4.78 is 5.67. The molecule has 2 rings (SSSR count). The summed E-state index contributed by atoms with van der Waals surface area (Å²) in [5.41, 5.74) is 5.33. The summed E-state index contributed by atoms with van der Waals surface area (Å²) in [6.07, 6.45) is 2.44. The van der Waals surface area contributed by atoms with Gasteiger partial charge in [-0.2, -0.15) is 0 Å². The second-order valence-electron chi connectivity index (χ2n) is 3.56. The van der Waals surface area contributed by atoms with Crippen molar-refractivity contribution in [1.29, 1.82) is 0 Å². The van der Waals surface area contributed by atoms with Crippen molar-refractivity contribution in [2.45, 2.75) is 18.4 Å². The van der Waals surface area contributed by atoms with Crippen LogP contribution < -0.4 is 5.73 Å². The third-order valence-electron chi connectivity index (χ3n) is 2.54. The maximum Gasteiger partial charge on any atom is 0.0811 e. The normalized spacial score (nSPS) is 26.3. The highest BCUT2D eigenvalue weighted by Gasteiger charge is 2.47. The van der Waals surface area contributed by atoms with Crippen LogP contribution >= 0.6 is 0 Å². The van der Waals surface area contributed by atoms with Gasteiger partial charge in [0, 0.05) is 19.1 Å². The number of hydrogen-bond donors (Lipinski definition) is 1. The highest BCUT2D eigenvalue weighted by Crippen LogP contribution is 2.41. The van der Waals surface area contributed by atoms with Gasteiger partial charge in [0.05, 0.1) is 18.8 Å². The Labute approximate surface area is 72.9 Å². The van der Waals surface area contributed by atoms with E-state index in [0.29, 0.717) is 0 Å². The minimum atomic E-state index is 0.217. The summed E-state index contributed by atoms with van der Waals surface area (Å²) in [5.74, 6) is 2.88. The van der Waals surface area contributed by atoms with E-state index in [-0.39, 0.29) is 5.60 Å². The first-order chi connectivity index (χ1) is 5.85. The van der Waals surface area contributed by atoms with Crippen molar-refractivity contribution in [3.8, 4) is 12.0 Å². The average molecular weight is 166 g/mol. The lowest BCUT2D eigenvalue weighted by Crippen LogP contribution is -2.43. The first kappa shape index (κ1) is 7.90. The smallest absolute Gasteiger partial charge is 0.0811 e. The second kappa shape index (κ2) is 2.96. The van der Waals surface area contributed by atoms with Gasteiger partial charge in [-0.05, 0) is 12.8 Å². The summed E-state index contributed by atoms with van der Waals surface area (Å²) in [6, 6.07) is 2.43. The van der Waals surface area contributed by atoms with Crippen LogP contribution in [0.4, 0.5) is 0 Å². The van der Waals surface area contributed by atoms with Crippen LogP contribution in [0.5, 0.6) is 0 Å². The van der Waals surface area contributed by atoms with Gasteiger partial charge in [-0.3, -0.25) is 4.90 Å². The van der Waals surface area contributed by atoms with Gasteiger partial charge in [-0.15, -0.1) is 0 Å². The van der Waals surface area contributed by atoms with Gasteiger partial charge in [0.25, 0.3) is 0 Å². The van der Waals surface area contributed by atoms with Gasteiger partial charge in [0.2, 0.25) is 0 Å². The van der Waals surface area contributed by atoms with E-state index in [2.05, 4.69) is 16.9 Å². The minimum absolute atomic E-state index is 0.217. The zero-order chi connectivity index (χ0) is 8.44. The molecule has 1 aliphatic carbocycles. The highest BCUT2D eigenvalue weighted by molar-refractivity contribution is 5.03. The molecular formula is C9H14N2O. The number of hydrogen-bond acceptors (Lipinski definition) is 3. The van der Waals surface area contributed by atoms with Crippen LogP contribution in [-0.2, 0) is 4.74 Å². The SMILES string of the molecule is NC#CCN1CCOC2(CC2)C1. The predicted molar refractivity (Wildman–Crippen MR) is 46.3 cm³/mol. The molecule has 2 N–H and O–H groups in total. The topological polar surface area (TPSA) is 38.5 Å². The Morgan fingerprint density at radius 2 is 2.33 bits per heavy atom. The Bertz CT molecular complexity index is 224. The Balaban J connectivity index is 1.85. The molecule has 3 nitrogen and oxygen atoms in total. The average Bonchev–Trinajstić information content (AvgIpc) is 2.82. The van der Waals surface area contributed by atoms with Crippen molar-refractivity contribution in [1.82, 2.24) is 4.90 Å². The Morgan fingerprint density at radius 1 is 1.50 bits per heavy atom. The monoisotopic (exact) mass is 166 g/mol. The molecule has 0 radical (unpaired) electrons. The van der Waals surface area contributed by atoms with Gasteiger partial charge >= 0.3 is 0 Å². The van der Waals surface area contributed by atoms with Crippen molar-refractivity contribution in [2.24, 2.45) is 5.73 Å². The summed E-state index contributed by atoms with van der Waals surface area (Å²) in [6.45, 7) is 3.69. The van der Waals surface area contributed by atoms with Crippen molar-refractivity contribution in [3.63, 3.8) is 0 Å². The zero-order valence-electron chi connectivity index (χ0n) is 7.18. The van der Waals surface area contributed by atoms with Gasteiger partial charge in [0.15, 0.2) is 0 Å². The quantitative estimate of drug-likeness (QED) is 0.432. The number of rotatable bonds is 1. The first-order valence-corrected chi connectivity index (χ1v) is 4.39. The van der Waals surface area contributed by atoms with E-state index < -0.39 is 0 Å². The molecule has 2 aliphatic rings. The molecule has 0 aromatic rings. The van der Waals surface area contributed by atoms with E-state index in [0.717, 1.165) is 26.2 Å². The number of nitrogens with zero attached hydrogens (tertiary/aromatic N) is 1. The molecule has 3 heteroatoms. The lowest BCUT2D eigenvalue weighted by Gasteiger charge is -2.31. The summed E-state index contributed by atoms with van der Waals surface area (Å²) >= 11 is 0. The van der Waals surface area contributed by atoms with E-state index in [1.807, 2.05) is 0 Å². The third kappa shape index (κ3) is 1.55.